The van der Waals surface area contributed by atoms with Crippen molar-refractivity contribution < 1.29 is 4.74 Å². The molecule has 2 atom stereocenters. The van der Waals surface area contributed by atoms with Gasteiger partial charge in [0, 0.05) is 17.2 Å². The summed E-state index contributed by atoms with van der Waals surface area (Å²) in [5.41, 5.74) is 8.57. The summed E-state index contributed by atoms with van der Waals surface area (Å²) in [4.78, 5) is 0. The van der Waals surface area contributed by atoms with Crippen LogP contribution >= 0.6 is 0 Å². The van der Waals surface area contributed by atoms with E-state index >= 15 is 0 Å². The summed E-state index contributed by atoms with van der Waals surface area (Å²) in [5.74, 6) is 1.00. The number of aromatic amines is 1. The Hall–Kier alpha value is -2.22. The zero-order valence-corrected chi connectivity index (χ0v) is 12.2. The van der Waals surface area contributed by atoms with Crippen LogP contribution in [-0.4, -0.2) is 10.2 Å². The van der Waals surface area contributed by atoms with Crippen molar-refractivity contribution in [2.75, 3.05) is 0 Å². The van der Waals surface area contributed by atoms with Gasteiger partial charge in [0.1, 0.15) is 6.07 Å². The number of nitrogens with two attached hydrogens (primary N) is 1. The van der Waals surface area contributed by atoms with E-state index in [0.717, 1.165) is 43.4 Å². The molecule has 0 aromatic carbocycles. The Morgan fingerprint density at radius 3 is 3.10 bits per heavy atom. The van der Waals surface area contributed by atoms with Crippen molar-refractivity contribution >= 4 is 0 Å². The summed E-state index contributed by atoms with van der Waals surface area (Å²) in [7, 11) is 0. The average Bonchev–Trinajstić information content (AvgIpc) is 2.89. The standard InChI is InChI=1S/C16H20N4O/c1-2-6-12-14-13(10-7-4-3-5-8-10)11(9-17)15(18)21-16(14)20-19-12/h4,7,10,13H,2-3,5-6,8,18H2,1H3,(H,19,20)/t10-,13-/m1/s1. The predicted molar refractivity (Wildman–Crippen MR) is 79.3 cm³/mol. The van der Waals surface area contributed by atoms with Gasteiger partial charge >= 0.3 is 0 Å². The summed E-state index contributed by atoms with van der Waals surface area (Å²) in [6.45, 7) is 2.13. The molecule has 1 aromatic rings. The molecule has 2 aliphatic rings. The van der Waals surface area contributed by atoms with E-state index in [9.17, 15) is 5.26 Å². The number of nitrogens with zero attached hydrogens (tertiary/aromatic N) is 2. The van der Waals surface area contributed by atoms with Crippen LogP contribution in [0.2, 0.25) is 0 Å². The van der Waals surface area contributed by atoms with Gasteiger partial charge in [0.25, 0.3) is 0 Å². The molecule has 0 spiro atoms. The van der Waals surface area contributed by atoms with Crippen molar-refractivity contribution in [3.8, 4) is 11.9 Å². The highest BCUT2D eigenvalue weighted by Gasteiger charge is 2.37. The first-order chi connectivity index (χ1) is 10.3. The minimum Gasteiger partial charge on any atom is -0.420 e. The highest BCUT2D eigenvalue weighted by atomic mass is 16.5. The molecule has 0 unspecified atom stereocenters. The fraction of sp³-hybridized carbons (Fsp3) is 0.500. The highest BCUT2D eigenvalue weighted by Crippen LogP contribution is 2.46. The summed E-state index contributed by atoms with van der Waals surface area (Å²) in [6, 6.07) is 2.26. The summed E-state index contributed by atoms with van der Waals surface area (Å²) >= 11 is 0. The average molecular weight is 284 g/mol. The lowest BCUT2D eigenvalue weighted by atomic mass is 9.75. The Morgan fingerprint density at radius 1 is 1.57 bits per heavy atom. The van der Waals surface area contributed by atoms with E-state index in [0.29, 0.717) is 17.4 Å². The summed E-state index contributed by atoms with van der Waals surface area (Å²) in [6.07, 6.45) is 9.66. The molecule has 0 radical (unpaired) electrons. The quantitative estimate of drug-likeness (QED) is 0.835. The second-order valence-electron chi connectivity index (χ2n) is 5.66. The van der Waals surface area contributed by atoms with Crippen LogP contribution in [0.4, 0.5) is 0 Å². The molecule has 2 heterocycles. The lowest BCUT2D eigenvalue weighted by Crippen LogP contribution is -2.25. The largest absolute Gasteiger partial charge is 0.420 e. The second-order valence-corrected chi connectivity index (χ2v) is 5.66. The smallest absolute Gasteiger partial charge is 0.243 e. The minimum atomic E-state index is -0.0319. The summed E-state index contributed by atoms with van der Waals surface area (Å²) < 4.78 is 5.55. The number of aryl methyl sites for hydroxylation is 1. The molecule has 5 nitrogen and oxygen atoms in total. The number of aromatic nitrogens is 2. The van der Waals surface area contributed by atoms with E-state index in [1.54, 1.807) is 0 Å². The molecule has 0 amide bonds. The molecule has 110 valence electrons. The van der Waals surface area contributed by atoms with E-state index < -0.39 is 0 Å². The number of nitrogens with one attached hydrogen (secondary N) is 1. The minimum absolute atomic E-state index is 0.0319. The van der Waals surface area contributed by atoms with Crippen molar-refractivity contribution in [2.24, 2.45) is 11.7 Å². The van der Waals surface area contributed by atoms with E-state index in [1.165, 1.54) is 0 Å². The van der Waals surface area contributed by atoms with Gasteiger partial charge < -0.3 is 10.5 Å². The van der Waals surface area contributed by atoms with Gasteiger partial charge in [-0.3, -0.25) is 5.10 Å². The third-order valence-electron chi connectivity index (χ3n) is 4.28. The lowest BCUT2D eigenvalue weighted by molar-refractivity contribution is 0.354. The van der Waals surface area contributed by atoms with Gasteiger partial charge in [0.2, 0.25) is 11.8 Å². The number of rotatable bonds is 3. The van der Waals surface area contributed by atoms with Gasteiger partial charge in [0.15, 0.2) is 0 Å². The van der Waals surface area contributed by atoms with Crippen LogP contribution in [0.25, 0.3) is 0 Å². The maximum absolute atomic E-state index is 9.52. The number of allylic oxidation sites excluding steroid dienone is 3. The molecule has 1 aliphatic heterocycles. The normalized spacial score (nSPS) is 24.4. The molecular formula is C16H20N4O. The lowest BCUT2D eigenvalue weighted by Gasteiger charge is -2.30. The van der Waals surface area contributed by atoms with Crippen LogP contribution in [0.5, 0.6) is 5.88 Å². The Bertz CT molecular complexity index is 635. The number of ether oxygens (including phenoxy) is 1. The number of H-pyrrole nitrogens is 1. The topological polar surface area (TPSA) is 87.7 Å². The number of hydrogen-bond donors (Lipinski definition) is 2. The van der Waals surface area contributed by atoms with Gasteiger partial charge in [-0.15, -0.1) is 5.10 Å². The maximum Gasteiger partial charge on any atom is 0.243 e. The molecule has 3 N–H and O–H groups in total. The first-order valence-electron chi connectivity index (χ1n) is 7.57. The molecule has 3 rings (SSSR count). The van der Waals surface area contributed by atoms with Crippen LogP contribution < -0.4 is 10.5 Å². The third kappa shape index (κ3) is 2.31. The molecule has 0 saturated heterocycles. The first kappa shape index (κ1) is 13.7. The molecule has 21 heavy (non-hydrogen) atoms. The van der Waals surface area contributed by atoms with E-state index in [2.05, 4.69) is 35.3 Å². The van der Waals surface area contributed by atoms with Crippen molar-refractivity contribution in [1.82, 2.24) is 10.2 Å². The van der Waals surface area contributed by atoms with E-state index in [4.69, 9.17) is 10.5 Å². The fourth-order valence-electron chi connectivity index (χ4n) is 3.33. The molecule has 1 aromatic heterocycles. The van der Waals surface area contributed by atoms with Crippen molar-refractivity contribution in [3.05, 3.63) is 34.9 Å². The zero-order valence-electron chi connectivity index (χ0n) is 12.2. The monoisotopic (exact) mass is 284 g/mol. The predicted octanol–water partition coefficient (Wildman–Crippen LogP) is 2.89. The van der Waals surface area contributed by atoms with E-state index in [-0.39, 0.29) is 11.8 Å². The fourth-order valence-corrected chi connectivity index (χ4v) is 3.33. The highest BCUT2D eigenvalue weighted by molar-refractivity contribution is 5.50. The maximum atomic E-state index is 9.52. The Balaban J connectivity index is 2.09. The van der Waals surface area contributed by atoms with Crippen molar-refractivity contribution in [2.45, 2.75) is 44.9 Å². The van der Waals surface area contributed by atoms with Crippen LogP contribution in [0.15, 0.2) is 23.6 Å². The molecular weight excluding hydrogens is 264 g/mol. The molecule has 0 fully saturated rings. The molecule has 5 heteroatoms. The van der Waals surface area contributed by atoms with Gasteiger partial charge in [-0.25, -0.2) is 0 Å². The van der Waals surface area contributed by atoms with Gasteiger partial charge in [-0.2, -0.15) is 5.26 Å². The Labute approximate surface area is 124 Å². The van der Waals surface area contributed by atoms with Crippen LogP contribution in [-0.2, 0) is 6.42 Å². The molecule has 0 saturated carbocycles. The van der Waals surface area contributed by atoms with Crippen molar-refractivity contribution in [1.29, 1.82) is 5.26 Å². The Kier molecular flexibility index (Phi) is 3.70. The zero-order chi connectivity index (χ0) is 14.8. The number of nitriles is 1. The van der Waals surface area contributed by atoms with Crippen molar-refractivity contribution in [3.63, 3.8) is 0 Å². The van der Waals surface area contributed by atoms with Crippen LogP contribution in [0.1, 0.15) is 49.8 Å². The summed E-state index contributed by atoms with van der Waals surface area (Å²) in [5, 5.41) is 16.8. The van der Waals surface area contributed by atoms with Gasteiger partial charge in [-0.05, 0) is 31.6 Å². The SMILES string of the molecule is CCCc1[nH]nc2c1[C@H]([C@@H]1C=CCCC1)C(C#N)=C(N)O2. The van der Waals surface area contributed by atoms with Gasteiger partial charge in [-0.1, -0.05) is 25.5 Å². The first-order valence-corrected chi connectivity index (χ1v) is 7.57. The molecule has 0 bridgehead atoms. The molecule has 1 aliphatic carbocycles. The van der Waals surface area contributed by atoms with Crippen LogP contribution in [0, 0.1) is 17.2 Å². The number of fused-ring (bicyclic) bond motifs is 1. The van der Waals surface area contributed by atoms with E-state index in [1.807, 2.05) is 0 Å². The Morgan fingerprint density at radius 2 is 2.43 bits per heavy atom. The second kappa shape index (κ2) is 5.65. The third-order valence-corrected chi connectivity index (χ3v) is 4.28. The van der Waals surface area contributed by atoms with Crippen LogP contribution in [0.3, 0.4) is 0 Å². The number of hydrogen-bond acceptors (Lipinski definition) is 4. The van der Waals surface area contributed by atoms with Gasteiger partial charge in [0.05, 0.1) is 5.57 Å².